The molecule has 0 bridgehead atoms. The molecule has 2 heterocycles. The predicted molar refractivity (Wildman–Crippen MR) is 154 cm³/mol. The summed E-state index contributed by atoms with van der Waals surface area (Å²) in [7, 11) is -2.10. The predicted octanol–water partition coefficient (Wildman–Crippen LogP) is 5.04. The van der Waals surface area contributed by atoms with E-state index in [1.807, 2.05) is 19.1 Å². The Morgan fingerprint density at radius 2 is 1.76 bits per heavy atom. The number of aromatic nitrogens is 1. The van der Waals surface area contributed by atoms with Gasteiger partial charge in [-0.15, -0.1) is 0 Å². The van der Waals surface area contributed by atoms with Gasteiger partial charge < -0.3 is 9.64 Å². The molecule has 0 radical (unpaired) electrons. The first-order valence-corrected chi connectivity index (χ1v) is 15.6. The van der Waals surface area contributed by atoms with Crippen molar-refractivity contribution in [3.05, 3.63) is 47.0 Å². The number of carbonyl (C=O) groups excluding carboxylic acids is 1. The lowest BCUT2D eigenvalue weighted by molar-refractivity contribution is -0.123. The molecule has 206 valence electrons. The highest BCUT2D eigenvalue weighted by Gasteiger charge is 2.35. The van der Waals surface area contributed by atoms with Crippen LogP contribution in [0.15, 0.2) is 41.3 Å². The summed E-state index contributed by atoms with van der Waals surface area (Å²) >= 11 is 7.82. The van der Waals surface area contributed by atoms with E-state index in [4.69, 9.17) is 21.3 Å². The summed E-state index contributed by atoms with van der Waals surface area (Å²) in [6.07, 6.45) is 0.928. The molecular formula is C27H35ClN4O4S2. The van der Waals surface area contributed by atoms with Gasteiger partial charge >= 0.3 is 0 Å². The molecule has 1 aliphatic rings. The molecule has 0 spiro atoms. The van der Waals surface area contributed by atoms with E-state index in [-0.39, 0.29) is 16.7 Å². The second kappa shape index (κ2) is 12.3. The molecule has 11 heteroatoms. The third-order valence-corrected chi connectivity index (χ3v) is 10.6. The van der Waals surface area contributed by atoms with Crippen LogP contribution in [0.4, 0.5) is 5.13 Å². The van der Waals surface area contributed by atoms with Crippen molar-refractivity contribution in [2.75, 3.05) is 51.3 Å². The summed E-state index contributed by atoms with van der Waals surface area (Å²) in [6, 6.07) is 10.2. The number of hydrogen-bond acceptors (Lipinski definition) is 7. The molecule has 1 aliphatic heterocycles. The van der Waals surface area contributed by atoms with Gasteiger partial charge in [0.05, 0.1) is 22.2 Å². The highest BCUT2D eigenvalue weighted by atomic mass is 35.5. The molecular weight excluding hydrogens is 544 g/mol. The molecule has 1 amide bonds. The fourth-order valence-electron chi connectivity index (χ4n) is 4.75. The van der Waals surface area contributed by atoms with Crippen LogP contribution in [0, 0.1) is 12.8 Å². The van der Waals surface area contributed by atoms with Gasteiger partial charge in [0.2, 0.25) is 15.9 Å². The van der Waals surface area contributed by atoms with E-state index in [0.717, 1.165) is 35.4 Å². The van der Waals surface area contributed by atoms with Gasteiger partial charge in [-0.3, -0.25) is 9.69 Å². The number of carbonyl (C=O) groups is 1. The van der Waals surface area contributed by atoms with Gasteiger partial charge in [-0.05, 0) is 74.8 Å². The molecule has 3 aromatic rings. The van der Waals surface area contributed by atoms with Crippen LogP contribution >= 0.6 is 22.9 Å². The van der Waals surface area contributed by atoms with E-state index in [1.54, 1.807) is 36.3 Å². The topological polar surface area (TPSA) is 83.0 Å². The zero-order valence-electron chi connectivity index (χ0n) is 22.3. The Kier molecular flexibility index (Phi) is 9.31. The van der Waals surface area contributed by atoms with Crippen LogP contribution in [0.2, 0.25) is 5.02 Å². The molecule has 1 saturated heterocycles. The number of piperidine rings is 1. The second-order valence-corrected chi connectivity index (χ2v) is 12.7. The lowest BCUT2D eigenvalue weighted by Gasteiger charge is -2.33. The lowest BCUT2D eigenvalue weighted by atomic mass is 9.96. The highest BCUT2D eigenvalue weighted by Crippen LogP contribution is 2.35. The number of rotatable bonds is 10. The Hall–Kier alpha value is -2.24. The minimum absolute atomic E-state index is 0.00135. The van der Waals surface area contributed by atoms with E-state index < -0.39 is 10.0 Å². The number of amides is 1. The summed E-state index contributed by atoms with van der Waals surface area (Å²) < 4.78 is 34.0. The second-order valence-electron chi connectivity index (χ2n) is 9.39. The van der Waals surface area contributed by atoms with Crippen molar-refractivity contribution in [3.8, 4) is 5.75 Å². The molecule has 8 nitrogen and oxygen atoms in total. The van der Waals surface area contributed by atoms with Crippen LogP contribution in [-0.2, 0) is 14.8 Å². The van der Waals surface area contributed by atoms with Crippen LogP contribution in [0.5, 0.6) is 5.75 Å². The smallest absolute Gasteiger partial charge is 0.243 e. The fourth-order valence-corrected chi connectivity index (χ4v) is 7.42. The number of anilines is 1. The number of halogens is 1. The molecule has 0 saturated carbocycles. The Labute approximate surface area is 234 Å². The fraction of sp³-hybridized carbons (Fsp3) is 0.481. The number of likely N-dealkylation sites (N-methyl/N-ethyl adjacent to an activating group) is 1. The van der Waals surface area contributed by atoms with Crippen molar-refractivity contribution >= 4 is 54.2 Å². The van der Waals surface area contributed by atoms with Gasteiger partial charge in [0.1, 0.15) is 5.75 Å². The summed E-state index contributed by atoms with van der Waals surface area (Å²) in [5.41, 5.74) is 1.72. The minimum Gasteiger partial charge on any atom is -0.497 e. The van der Waals surface area contributed by atoms with Crippen LogP contribution in [-0.4, -0.2) is 74.9 Å². The molecule has 4 rings (SSSR count). The van der Waals surface area contributed by atoms with Crippen LogP contribution < -0.4 is 9.64 Å². The number of nitrogens with zero attached hydrogens (tertiary/aromatic N) is 4. The monoisotopic (exact) mass is 578 g/mol. The average Bonchev–Trinajstić information content (AvgIpc) is 3.38. The molecule has 0 unspecified atom stereocenters. The van der Waals surface area contributed by atoms with E-state index in [2.05, 4.69) is 18.7 Å². The molecule has 0 aliphatic carbocycles. The summed E-state index contributed by atoms with van der Waals surface area (Å²) in [5.74, 6) is 0.331. The van der Waals surface area contributed by atoms with Crippen LogP contribution in [0.1, 0.15) is 32.3 Å². The van der Waals surface area contributed by atoms with Crippen molar-refractivity contribution in [1.29, 1.82) is 0 Å². The number of aryl methyl sites for hydroxylation is 1. The Balaban J connectivity index is 1.52. The van der Waals surface area contributed by atoms with Gasteiger partial charge in [0.15, 0.2) is 5.13 Å². The third-order valence-electron chi connectivity index (χ3n) is 7.27. The van der Waals surface area contributed by atoms with Gasteiger partial charge in [0.25, 0.3) is 0 Å². The molecule has 0 N–H and O–H groups in total. The maximum absolute atomic E-state index is 13.9. The summed E-state index contributed by atoms with van der Waals surface area (Å²) in [6.45, 7) is 9.80. The number of hydrogen-bond donors (Lipinski definition) is 0. The van der Waals surface area contributed by atoms with Crippen molar-refractivity contribution in [2.45, 2.75) is 38.5 Å². The first-order chi connectivity index (χ1) is 18.2. The van der Waals surface area contributed by atoms with Gasteiger partial charge in [-0.2, -0.15) is 4.31 Å². The number of ether oxygens (including phenoxy) is 1. The maximum Gasteiger partial charge on any atom is 0.243 e. The van der Waals surface area contributed by atoms with Crippen molar-refractivity contribution in [2.24, 2.45) is 5.92 Å². The third kappa shape index (κ3) is 5.99. The van der Waals surface area contributed by atoms with E-state index in [0.29, 0.717) is 48.4 Å². The maximum atomic E-state index is 13.9. The largest absolute Gasteiger partial charge is 0.497 e. The molecule has 1 aromatic heterocycles. The Bertz CT molecular complexity index is 1370. The SMILES string of the molecule is CCN(CC)CCN(C(=O)C1CCN(S(=O)(=O)c2ccc(OC)cc2)CC1)c1nc2c(C)c(Cl)ccc2s1. The number of thiazole rings is 1. The van der Waals surface area contributed by atoms with Gasteiger partial charge in [0, 0.05) is 37.1 Å². The van der Waals surface area contributed by atoms with E-state index in [9.17, 15) is 13.2 Å². The summed E-state index contributed by atoms with van der Waals surface area (Å²) in [5, 5.41) is 1.32. The van der Waals surface area contributed by atoms with Crippen LogP contribution in [0.25, 0.3) is 10.2 Å². The molecule has 38 heavy (non-hydrogen) atoms. The highest BCUT2D eigenvalue weighted by molar-refractivity contribution is 7.89. The Morgan fingerprint density at radius 1 is 1.11 bits per heavy atom. The zero-order valence-corrected chi connectivity index (χ0v) is 24.7. The standard InChI is InChI=1S/C27H35ClN4O4S2/c1-5-30(6-2)17-18-32(27-29-25-19(3)23(28)11-12-24(25)37-27)26(33)20-13-15-31(16-14-20)38(34,35)22-9-7-21(36-4)8-10-22/h7-12,20H,5-6,13-18H2,1-4H3. The Morgan fingerprint density at radius 3 is 2.37 bits per heavy atom. The average molecular weight is 579 g/mol. The molecule has 0 atom stereocenters. The number of methoxy groups -OCH3 is 1. The number of sulfonamides is 1. The first kappa shape index (κ1) is 28.8. The number of fused-ring (bicyclic) bond motifs is 1. The van der Waals surface area contributed by atoms with Gasteiger partial charge in [-0.1, -0.05) is 36.8 Å². The lowest BCUT2D eigenvalue weighted by Crippen LogP contribution is -2.46. The number of benzene rings is 2. The molecule has 1 fully saturated rings. The van der Waals surface area contributed by atoms with E-state index in [1.165, 1.54) is 15.6 Å². The van der Waals surface area contributed by atoms with Crippen molar-refractivity contribution < 1.29 is 17.9 Å². The van der Waals surface area contributed by atoms with E-state index >= 15 is 0 Å². The van der Waals surface area contributed by atoms with Crippen molar-refractivity contribution in [1.82, 2.24) is 14.2 Å². The first-order valence-electron chi connectivity index (χ1n) is 12.9. The van der Waals surface area contributed by atoms with Crippen molar-refractivity contribution in [3.63, 3.8) is 0 Å². The quantitative estimate of drug-likeness (QED) is 0.335. The zero-order chi connectivity index (χ0) is 27.4. The molecule has 2 aromatic carbocycles. The normalized spacial score (nSPS) is 15.3. The van der Waals surface area contributed by atoms with Crippen LogP contribution in [0.3, 0.4) is 0 Å². The summed E-state index contributed by atoms with van der Waals surface area (Å²) in [4.78, 5) is 23.0. The van der Waals surface area contributed by atoms with Gasteiger partial charge in [-0.25, -0.2) is 13.4 Å². The minimum atomic E-state index is -3.64.